The molecule has 0 aliphatic heterocycles. The zero-order valence-electron chi connectivity index (χ0n) is 11.4. The molecule has 0 saturated carbocycles. The van der Waals surface area contributed by atoms with Gasteiger partial charge in [0.05, 0.1) is 0 Å². The lowest BCUT2D eigenvalue weighted by molar-refractivity contribution is 0.284. The lowest BCUT2D eigenvalue weighted by Crippen LogP contribution is -1.95. The van der Waals surface area contributed by atoms with Gasteiger partial charge >= 0.3 is 0 Å². The van der Waals surface area contributed by atoms with Gasteiger partial charge in [0.1, 0.15) is 5.82 Å². The molecule has 4 nitrogen and oxygen atoms in total. The maximum atomic E-state index is 12.9. The van der Waals surface area contributed by atoms with Crippen LogP contribution in [0.5, 0.6) is 0 Å². The van der Waals surface area contributed by atoms with E-state index < -0.39 is 0 Å². The van der Waals surface area contributed by atoms with Gasteiger partial charge < -0.3 is 9.67 Å². The van der Waals surface area contributed by atoms with Crippen molar-refractivity contribution in [3.63, 3.8) is 0 Å². The van der Waals surface area contributed by atoms with Crippen molar-refractivity contribution in [1.82, 2.24) is 14.8 Å². The van der Waals surface area contributed by atoms with Crippen LogP contribution in [-0.4, -0.2) is 32.2 Å². The van der Waals surface area contributed by atoms with Crippen LogP contribution in [0.15, 0.2) is 29.4 Å². The largest absolute Gasteiger partial charge is 0.396 e. The summed E-state index contributed by atoms with van der Waals surface area (Å²) in [5.74, 6) is 1.44. The predicted molar refractivity (Wildman–Crippen MR) is 78.1 cm³/mol. The lowest BCUT2D eigenvalue weighted by Gasteiger charge is -2.04. The van der Waals surface area contributed by atoms with E-state index in [-0.39, 0.29) is 12.4 Å². The Balaban J connectivity index is 1.98. The second-order valence-corrected chi connectivity index (χ2v) is 5.57. The van der Waals surface area contributed by atoms with Gasteiger partial charge in [0, 0.05) is 25.0 Å². The fraction of sp³-hybridized carbons (Fsp3) is 0.429. The third-order valence-corrected chi connectivity index (χ3v) is 4.08. The molecule has 0 fully saturated rings. The highest BCUT2D eigenvalue weighted by atomic mass is 32.2. The Kier molecular flexibility index (Phi) is 5.55. The molecule has 0 unspecified atom stereocenters. The van der Waals surface area contributed by atoms with Gasteiger partial charge in [-0.15, -0.1) is 10.2 Å². The van der Waals surface area contributed by atoms with E-state index >= 15 is 0 Å². The third kappa shape index (κ3) is 3.80. The molecule has 0 aliphatic carbocycles. The minimum absolute atomic E-state index is 0.253. The minimum Gasteiger partial charge on any atom is -0.396 e. The van der Waals surface area contributed by atoms with Gasteiger partial charge in [-0.05, 0) is 37.1 Å². The molecule has 0 bridgehead atoms. The summed E-state index contributed by atoms with van der Waals surface area (Å²) < 4.78 is 14.8. The third-order valence-electron chi connectivity index (χ3n) is 2.97. The zero-order valence-corrected chi connectivity index (χ0v) is 12.2. The van der Waals surface area contributed by atoms with Crippen LogP contribution < -0.4 is 0 Å². The first-order valence-electron chi connectivity index (χ1n) is 6.61. The summed E-state index contributed by atoms with van der Waals surface area (Å²) >= 11 is 1.65. The van der Waals surface area contributed by atoms with E-state index in [0.717, 1.165) is 41.6 Å². The van der Waals surface area contributed by atoms with Crippen LogP contribution in [0.1, 0.15) is 19.3 Å². The molecule has 108 valence electrons. The number of halogens is 1. The number of unbranched alkanes of at least 4 members (excludes halogenated alkanes) is 2. The Bertz CT molecular complexity index is 542. The van der Waals surface area contributed by atoms with Gasteiger partial charge in [0.2, 0.25) is 0 Å². The minimum atomic E-state index is -0.255. The Labute approximate surface area is 122 Å². The number of aromatic nitrogens is 3. The van der Waals surface area contributed by atoms with Crippen LogP contribution in [0.3, 0.4) is 0 Å². The molecule has 0 saturated heterocycles. The zero-order chi connectivity index (χ0) is 14.4. The van der Waals surface area contributed by atoms with Crippen molar-refractivity contribution in [1.29, 1.82) is 0 Å². The highest BCUT2D eigenvalue weighted by molar-refractivity contribution is 7.99. The van der Waals surface area contributed by atoms with E-state index in [9.17, 15) is 4.39 Å². The highest BCUT2D eigenvalue weighted by Gasteiger charge is 2.10. The van der Waals surface area contributed by atoms with Gasteiger partial charge in [0.15, 0.2) is 11.0 Å². The fourth-order valence-corrected chi connectivity index (χ4v) is 2.75. The molecule has 1 N–H and O–H groups in total. The summed E-state index contributed by atoms with van der Waals surface area (Å²) in [7, 11) is 1.91. The number of thioether (sulfide) groups is 1. The number of aliphatic hydroxyl groups is 1. The first-order valence-corrected chi connectivity index (χ1v) is 7.60. The highest BCUT2D eigenvalue weighted by Crippen LogP contribution is 2.23. The molecule has 1 aromatic carbocycles. The smallest absolute Gasteiger partial charge is 0.191 e. The summed E-state index contributed by atoms with van der Waals surface area (Å²) in [4.78, 5) is 0. The van der Waals surface area contributed by atoms with E-state index in [4.69, 9.17) is 5.11 Å². The Morgan fingerprint density at radius 2 is 1.90 bits per heavy atom. The predicted octanol–water partition coefficient (Wildman–Crippen LogP) is 2.88. The number of benzene rings is 1. The molecule has 2 aromatic rings. The molecule has 1 heterocycles. The van der Waals surface area contributed by atoms with Crippen molar-refractivity contribution in [2.45, 2.75) is 24.4 Å². The quantitative estimate of drug-likeness (QED) is 0.630. The van der Waals surface area contributed by atoms with Crippen molar-refractivity contribution in [3.05, 3.63) is 30.1 Å². The first kappa shape index (κ1) is 15.0. The second kappa shape index (κ2) is 7.40. The van der Waals surface area contributed by atoms with Gasteiger partial charge in [-0.1, -0.05) is 18.2 Å². The molecule has 0 atom stereocenters. The van der Waals surface area contributed by atoms with Crippen molar-refractivity contribution in [2.75, 3.05) is 12.4 Å². The second-order valence-electron chi connectivity index (χ2n) is 4.50. The van der Waals surface area contributed by atoms with E-state index in [0.29, 0.717) is 0 Å². The van der Waals surface area contributed by atoms with E-state index in [2.05, 4.69) is 10.2 Å². The summed E-state index contributed by atoms with van der Waals surface area (Å²) in [5.41, 5.74) is 0.855. The van der Waals surface area contributed by atoms with Gasteiger partial charge in [-0.2, -0.15) is 0 Å². The Morgan fingerprint density at radius 3 is 2.60 bits per heavy atom. The average molecular weight is 295 g/mol. The van der Waals surface area contributed by atoms with Gasteiger partial charge in [-0.25, -0.2) is 4.39 Å². The van der Waals surface area contributed by atoms with E-state index in [1.165, 1.54) is 12.1 Å². The molecular formula is C14H18FN3OS. The number of hydrogen-bond donors (Lipinski definition) is 1. The Morgan fingerprint density at radius 1 is 1.15 bits per heavy atom. The SMILES string of the molecule is Cn1c(SCCCCCO)nnc1-c1ccc(F)cc1. The fourth-order valence-electron chi connectivity index (χ4n) is 1.85. The molecule has 0 aliphatic rings. The summed E-state index contributed by atoms with van der Waals surface area (Å²) in [5, 5.41) is 17.9. The standard InChI is InChI=1S/C14H18FN3OS/c1-18-13(11-5-7-12(15)8-6-11)16-17-14(18)20-10-4-2-3-9-19/h5-8,19H,2-4,9-10H2,1H3. The normalized spacial score (nSPS) is 10.9. The maximum absolute atomic E-state index is 12.9. The van der Waals surface area contributed by atoms with Gasteiger partial charge in [-0.3, -0.25) is 0 Å². The maximum Gasteiger partial charge on any atom is 0.191 e. The van der Waals surface area contributed by atoms with Crippen LogP contribution in [0, 0.1) is 5.82 Å². The van der Waals surface area contributed by atoms with Crippen molar-refractivity contribution < 1.29 is 9.50 Å². The number of rotatable bonds is 7. The summed E-state index contributed by atoms with van der Waals surface area (Å²) in [6, 6.07) is 6.25. The van der Waals surface area contributed by atoms with E-state index in [1.54, 1.807) is 23.9 Å². The molecule has 6 heteroatoms. The molecule has 20 heavy (non-hydrogen) atoms. The van der Waals surface area contributed by atoms with E-state index in [1.807, 2.05) is 11.6 Å². The molecule has 0 radical (unpaired) electrons. The number of aliphatic hydroxyl groups excluding tert-OH is 1. The van der Waals surface area contributed by atoms with Crippen LogP contribution in [0.2, 0.25) is 0 Å². The molecule has 1 aromatic heterocycles. The lowest BCUT2D eigenvalue weighted by atomic mass is 10.2. The average Bonchev–Trinajstić information content (AvgIpc) is 2.81. The van der Waals surface area contributed by atoms with Crippen molar-refractivity contribution >= 4 is 11.8 Å². The van der Waals surface area contributed by atoms with Crippen molar-refractivity contribution in [3.8, 4) is 11.4 Å². The number of hydrogen-bond acceptors (Lipinski definition) is 4. The molecule has 0 amide bonds. The summed E-state index contributed by atoms with van der Waals surface area (Å²) in [6.45, 7) is 0.253. The topological polar surface area (TPSA) is 50.9 Å². The Hall–Kier alpha value is -1.40. The van der Waals surface area contributed by atoms with Crippen molar-refractivity contribution in [2.24, 2.45) is 7.05 Å². The molecule has 0 spiro atoms. The molecule has 2 rings (SSSR count). The number of nitrogens with zero attached hydrogens (tertiary/aromatic N) is 3. The first-order chi connectivity index (χ1) is 9.72. The summed E-state index contributed by atoms with van der Waals surface area (Å²) in [6.07, 6.45) is 2.91. The van der Waals surface area contributed by atoms with Crippen LogP contribution >= 0.6 is 11.8 Å². The van der Waals surface area contributed by atoms with Crippen LogP contribution in [0.25, 0.3) is 11.4 Å². The van der Waals surface area contributed by atoms with Gasteiger partial charge in [0.25, 0.3) is 0 Å². The monoisotopic (exact) mass is 295 g/mol. The van der Waals surface area contributed by atoms with Crippen LogP contribution in [0.4, 0.5) is 4.39 Å². The van der Waals surface area contributed by atoms with Crippen LogP contribution in [-0.2, 0) is 7.05 Å². The molecular weight excluding hydrogens is 277 g/mol.